The van der Waals surface area contributed by atoms with Gasteiger partial charge in [-0.3, -0.25) is 4.79 Å². The molecule has 0 unspecified atom stereocenters. The maximum Gasteiger partial charge on any atom is 0.257 e. The molecular formula is C23H30N6O3. The first kappa shape index (κ1) is 22.0. The number of nitrogens with one attached hydrogen (secondary N) is 2. The van der Waals surface area contributed by atoms with Crippen LogP contribution >= 0.6 is 0 Å². The molecule has 1 saturated heterocycles. The van der Waals surface area contributed by atoms with Gasteiger partial charge in [0, 0.05) is 49.8 Å². The van der Waals surface area contributed by atoms with E-state index in [-0.39, 0.29) is 5.91 Å². The summed E-state index contributed by atoms with van der Waals surface area (Å²) in [7, 11) is 0. The van der Waals surface area contributed by atoms with Gasteiger partial charge in [-0.05, 0) is 45.7 Å². The van der Waals surface area contributed by atoms with Gasteiger partial charge in [0.15, 0.2) is 5.65 Å². The summed E-state index contributed by atoms with van der Waals surface area (Å²) in [5, 5.41) is 12.2. The average Bonchev–Trinajstić information content (AvgIpc) is 3.22. The number of aromatic nitrogens is 4. The second-order valence-corrected chi connectivity index (χ2v) is 7.75. The van der Waals surface area contributed by atoms with E-state index in [4.69, 9.17) is 14.5 Å². The van der Waals surface area contributed by atoms with E-state index >= 15 is 0 Å². The summed E-state index contributed by atoms with van der Waals surface area (Å²) in [6.45, 7) is 8.88. The minimum Gasteiger partial charge on any atom is -0.477 e. The van der Waals surface area contributed by atoms with Gasteiger partial charge in [0.05, 0.1) is 23.9 Å². The van der Waals surface area contributed by atoms with Gasteiger partial charge in [0.25, 0.3) is 5.91 Å². The van der Waals surface area contributed by atoms with Crippen LogP contribution in [0.25, 0.3) is 11.0 Å². The van der Waals surface area contributed by atoms with Gasteiger partial charge in [-0.15, -0.1) is 0 Å². The first-order valence-electron chi connectivity index (χ1n) is 11.2. The highest BCUT2D eigenvalue weighted by molar-refractivity contribution is 5.97. The lowest BCUT2D eigenvalue weighted by atomic mass is 10.0. The number of pyridine rings is 2. The van der Waals surface area contributed by atoms with Crippen LogP contribution in [-0.2, 0) is 17.8 Å². The number of carbonyl (C=O) groups is 1. The number of carbonyl (C=O) groups excluding carboxylic acids is 1. The Hall–Kier alpha value is -3.20. The number of rotatable bonds is 8. The largest absolute Gasteiger partial charge is 0.477 e. The summed E-state index contributed by atoms with van der Waals surface area (Å²) >= 11 is 0. The molecule has 1 amide bonds. The van der Waals surface area contributed by atoms with Crippen molar-refractivity contribution in [3.63, 3.8) is 0 Å². The van der Waals surface area contributed by atoms with Crippen molar-refractivity contribution in [1.82, 2.24) is 25.1 Å². The van der Waals surface area contributed by atoms with Gasteiger partial charge in [-0.25, -0.2) is 14.6 Å². The van der Waals surface area contributed by atoms with Crippen LogP contribution in [0.4, 0.5) is 5.69 Å². The zero-order valence-electron chi connectivity index (χ0n) is 18.9. The van der Waals surface area contributed by atoms with Crippen molar-refractivity contribution in [2.24, 2.45) is 0 Å². The third-order valence-corrected chi connectivity index (χ3v) is 5.68. The van der Waals surface area contributed by atoms with Crippen LogP contribution in [0.2, 0.25) is 0 Å². The molecule has 4 heterocycles. The summed E-state index contributed by atoms with van der Waals surface area (Å²) < 4.78 is 12.9. The summed E-state index contributed by atoms with van der Waals surface area (Å²) in [6, 6.07) is 3.75. The highest BCUT2D eigenvalue weighted by Crippen LogP contribution is 2.30. The van der Waals surface area contributed by atoms with Crippen LogP contribution in [0.1, 0.15) is 48.3 Å². The molecule has 0 aliphatic carbocycles. The molecular weight excluding hydrogens is 408 g/mol. The minimum absolute atomic E-state index is 0.234. The maximum absolute atomic E-state index is 12.9. The zero-order chi connectivity index (χ0) is 22.5. The SMILES string of the molecule is CCOc1ncccc1C(=O)NCc1c(C)nc2c(cnn2CC)c1NC1CCOCC1. The summed E-state index contributed by atoms with van der Waals surface area (Å²) in [5.41, 5.74) is 4.06. The monoisotopic (exact) mass is 438 g/mol. The van der Waals surface area contributed by atoms with Gasteiger partial charge in [0.1, 0.15) is 5.56 Å². The highest BCUT2D eigenvalue weighted by Gasteiger charge is 2.22. The molecule has 3 aromatic rings. The van der Waals surface area contributed by atoms with E-state index in [9.17, 15) is 4.79 Å². The third kappa shape index (κ3) is 4.52. The second kappa shape index (κ2) is 9.95. The molecule has 0 aromatic carbocycles. The molecule has 0 spiro atoms. The molecule has 32 heavy (non-hydrogen) atoms. The van der Waals surface area contributed by atoms with Crippen LogP contribution in [0.3, 0.4) is 0 Å². The molecule has 4 rings (SSSR count). The molecule has 0 radical (unpaired) electrons. The number of nitrogens with zero attached hydrogens (tertiary/aromatic N) is 4. The lowest BCUT2D eigenvalue weighted by Crippen LogP contribution is -2.30. The number of hydrogen-bond acceptors (Lipinski definition) is 7. The van der Waals surface area contributed by atoms with Crippen LogP contribution in [-0.4, -0.2) is 51.5 Å². The Morgan fingerprint density at radius 1 is 1.31 bits per heavy atom. The van der Waals surface area contributed by atoms with E-state index in [0.29, 0.717) is 30.6 Å². The van der Waals surface area contributed by atoms with Gasteiger partial charge in [0.2, 0.25) is 5.88 Å². The summed E-state index contributed by atoms with van der Waals surface area (Å²) in [6.07, 6.45) is 5.34. The summed E-state index contributed by atoms with van der Waals surface area (Å²) in [5.74, 6) is 0.102. The Labute approximate surface area is 187 Å². The van der Waals surface area contributed by atoms with E-state index < -0.39 is 0 Å². The topological polar surface area (TPSA) is 103 Å². The number of anilines is 1. The minimum atomic E-state index is -0.234. The van der Waals surface area contributed by atoms with Crippen molar-refractivity contribution in [2.45, 2.75) is 52.7 Å². The number of ether oxygens (including phenoxy) is 2. The molecule has 1 aliphatic rings. The van der Waals surface area contributed by atoms with Crippen molar-refractivity contribution in [3.05, 3.63) is 41.3 Å². The van der Waals surface area contributed by atoms with E-state index in [1.165, 1.54) is 0 Å². The van der Waals surface area contributed by atoms with Crippen LogP contribution in [0.5, 0.6) is 5.88 Å². The lowest BCUT2D eigenvalue weighted by Gasteiger charge is -2.26. The van der Waals surface area contributed by atoms with E-state index in [2.05, 4.69) is 20.7 Å². The molecule has 3 aromatic heterocycles. The lowest BCUT2D eigenvalue weighted by molar-refractivity contribution is 0.0904. The van der Waals surface area contributed by atoms with Crippen molar-refractivity contribution < 1.29 is 14.3 Å². The Morgan fingerprint density at radius 2 is 2.12 bits per heavy atom. The number of hydrogen-bond donors (Lipinski definition) is 2. The number of amides is 1. The van der Waals surface area contributed by atoms with Crippen molar-refractivity contribution >= 4 is 22.6 Å². The van der Waals surface area contributed by atoms with E-state index in [1.54, 1.807) is 18.3 Å². The Balaban J connectivity index is 1.64. The average molecular weight is 439 g/mol. The molecule has 9 heteroatoms. The van der Waals surface area contributed by atoms with E-state index in [0.717, 1.165) is 60.6 Å². The fourth-order valence-corrected chi connectivity index (χ4v) is 3.98. The number of fused-ring (bicyclic) bond motifs is 1. The molecule has 9 nitrogen and oxygen atoms in total. The van der Waals surface area contributed by atoms with Crippen molar-refractivity contribution in [3.8, 4) is 5.88 Å². The first-order chi connectivity index (χ1) is 15.6. The molecule has 0 bridgehead atoms. The normalized spacial score (nSPS) is 14.5. The number of aryl methyl sites for hydroxylation is 2. The second-order valence-electron chi connectivity index (χ2n) is 7.75. The first-order valence-corrected chi connectivity index (χ1v) is 11.2. The predicted octanol–water partition coefficient (Wildman–Crippen LogP) is 3.07. The molecule has 0 atom stereocenters. The maximum atomic E-state index is 12.9. The molecule has 170 valence electrons. The molecule has 1 aliphatic heterocycles. The van der Waals surface area contributed by atoms with Crippen LogP contribution < -0.4 is 15.4 Å². The Morgan fingerprint density at radius 3 is 2.88 bits per heavy atom. The Bertz CT molecular complexity index is 1090. The third-order valence-electron chi connectivity index (χ3n) is 5.68. The van der Waals surface area contributed by atoms with Gasteiger partial charge in [-0.2, -0.15) is 5.10 Å². The quantitative estimate of drug-likeness (QED) is 0.557. The standard InChI is InChI=1S/C23H30N6O3/c1-4-29-21-19(14-26-29)20(28-16-8-11-31-12-9-16)18(15(3)27-21)13-25-22(30)17-7-6-10-24-23(17)32-5-2/h6-7,10,14,16H,4-5,8-9,11-13H2,1-3H3,(H,25,30)(H,27,28). The van der Waals surface area contributed by atoms with Crippen molar-refractivity contribution in [2.75, 3.05) is 25.1 Å². The fraction of sp³-hybridized carbons (Fsp3) is 0.478. The molecule has 2 N–H and O–H groups in total. The molecule has 0 saturated carbocycles. The van der Waals surface area contributed by atoms with Gasteiger partial charge >= 0.3 is 0 Å². The smallest absolute Gasteiger partial charge is 0.257 e. The Kier molecular flexibility index (Phi) is 6.84. The highest BCUT2D eigenvalue weighted by atomic mass is 16.5. The predicted molar refractivity (Wildman–Crippen MR) is 122 cm³/mol. The fourth-order valence-electron chi connectivity index (χ4n) is 3.98. The van der Waals surface area contributed by atoms with Crippen LogP contribution in [0, 0.1) is 6.92 Å². The van der Waals surface area contributed by atoms with Crippen molar-refractivity contribution in [1.29, 1.82) is 0 Å². The zero-order valence-corrected chi connectivity index (χ0v) is 18.9. The van der Waals surface area contributed by atoms with Crippen LogP contribution in [0.15, 0.2) is 24.5 Å². The van der Waals surface area contributed by atoms with Gasteiger partial charge < -0.3 is 20.1 Å². The summed E-state index contributed by atoms with van der Waals surface area (Å²) in [4.78, 5) is 21.9. The van der Waals surface area contributed by atoms with Gasteiger partial charge in [-0.1, -0.05) is 0 Å². The molecule has 1 fully saturated rings. The van der Waals surface area contributed by atoms with E-state index in [1.807, 2.05) is 31.6 Å².